The molecule has 0 saturated heterocycles. The minimum atomic E-state index is -0.0503. The maximum absolute atomic E-state index is 5.94. The SMILES string of the molecule is CCCc1ccc(C(N)C(C)N)cc1. The third kappa shape index (κ3) is 2.82. The Hall–Kier alpha value is -0.860. The minimum absolute atomic E-state index is 0.00650. The van der Waals surface area contributed by atoms with Gasteiger partial charge in [0, 0.05) is 12.1 Å². The van der Waals surface area contributed by atoms with Crippen LogP contribution in [-0.4, -0.2) is 6.04 Å². The highest BCUT2D eigenvalue weighted by molar-refractivity contribution is 5.25. The van der Waals surface area contributed by atoms with E-state index < -0.39 is 0 Å². The van der Waals surface area contributed by atoms with E-state index in [2.05, 4.69) is 31.2 Å². The van der Waals surface area contributed by atoms with E-state index in [0.29, 0.717) is 0 Å². The van der Waals surface area contributed by atoms with Gasteiger partial charge >= 0.3 is 0 Å². The highest BCUT2D eigenvalue weighted by Crippen LogP contribution is 2.14. The molecule has 2 heteroatoms. The molecule has 1 aromatic carbocycles. The molecule has 2 unspecified atom stereocenters. The standard InChI is InChI=1S/C12H20N2/c1-3-4-10-5-7-11(8-6-10)12(14)9(2)13/h5-9,12H,3-4,13-14H2,1-2H3. The predicted molar refractivity (Wildman–Crippen MR) is 61.0 cm³/mol. The fraction of sp³-hybridized carbons (Fsp3) is 0.500. The fourth-order valence-electron chi connectivity index (χ4n) is 1.50. The molecule has 0 saturated carbocycles. The van der Waals surface area contributed by atoms with Crippen molar-refractivity contribution in [1.82, 2.24) is 0 Å². The molecule has 14 heavy (non-hydrogen) atoms. The molecule has 0 aliphatic carbocycles. The molecule has 0 spiro atoms. The molecule has 0 bridgehead atoms. The summed E-state index contributed by atoms with van der Waals surface area (Å²) in [6, 6.07) is 8.40. The second-order valence-electron chi connectivity index (χ2n) is 3.88. The van der Waals surface area contributed by atoms with Gasteiger partial charge in [-0.05, 0) is 24.5 Å². The summed E-state index contributed by atoms with van der Waals surface area (Å²) in [7, 11) is 0. The van der Waals surface area contributed by atoms with Gasteiger partial charge in [0.25, 0.3) is 0 Å². The van der Waals surface area contributed by atoms with Crippen molar-refractivity contribution in [3.8, 4) is 0 Å². The van der Waals surface area contributed by atoms with Gasteiger partial charge in [0.2, 0.25) is 0 Å². The first kappa shape index (κ1) is 11.2. The summed E-state index contributed by atoms with van der Waals surface area (Å²) in [6.07, 6.45) is 2.31. The molecule has 0 fully saturated rings. The normalized spacial score (nSPS) is 15.1. The summed E-state index contributed by atoms with van der Waals surface area (Å²) in [6.45, 7) is 4.12. The molecule has 2 atom stereocenters. The summed E-state index contributed by atoms with van der Waals surface area (Å²) < 4.78 is 0. The quantitative estimate of drug-likeness (QED) is 0.766. The first-order valence-electron chi connectivity index (χ1n) is 5.25. The van der Waals surface area contributed by atoms with Crippen molar-refractivity contribution in [1.29, 1.82) is 0 Å². The van der Waals surface area contributed by atoms with Crippen LogP contribution in [0.2, 0.25) is 0 Å². The third-order valence-corrected chi connectivity index (χ3v) is 2.47. The number of rotatable bonds is 4. The molecule has 2 nitrogen and oxygen atoms in total. The second kappa shape index (κ2) is 5.13. The average molecular weight is 192 g/mol. The van der Waals surface area contributed by atoms with Crippen LogP contribution in [0.4, 0.5) is 0 Å². The van der Waals surface area contributed by atoms with Crippen LogP contribution in [0.1, 0.15) is 37.4 Å². The first-order chi connectivity index (χ1) is 6.65. The number of hydrogen-bond acceptors (Lipinski definition) is 2. The van der Waals surface area contributed by atoms with Crippen molar-refractivity contribution in [2.24, 2.45) is 11.5 Å². The van der Waals surface area contributed by atoms with Crippen LogP contribution >= 0.6 is 0 Å². The maximum atomic E-state index is 5.94. The monoisotopic (exact) mass is 192 g/mol. The summed E-state index contributed by atoms with van der Waals surface area (Å²) in [5, 5.41) is 0. The van der Waals surface area contributed by atoms with Crippen LogP contribution in [0.25, 0.3) is 0 Å². The van der Waals surface area contributed by atoms with Gasteiger partial charge in [-0.1, -0.05) is 37.6 Å². The molecule has 1 rings (SSSR count). The molecule has 0 aromatic heterocycles. The summed E-state index contributed by atoms with van der Waals surface area (Å²) in [5.74, 6) is 0. The van der Waals surface area contributed by atoms with E-state index in [1.54, 1.807) is 0 Å². The molecule has 4 N–H and O–H groups in total. The molecule has 78 valence electrons. The van der Waals surface area contributed by atoms with Crippen LogP contribution in [0.5, 0.6) is 0 Å². The number of aryl methyl sites for hydroxylation is 1. The maximum Gasteiger partial charge on any atom is 0.0445 e. The second-order valence-corrected chi connectivity index (χ2v) is 3.88. The van der Waals surface area contributed by atoms with Gasteiger partial charge in [0.15, 0.2) is 0 Å². The Labute approximate surface area is 86.3 Å². The van der Waals surface area contributed by atoms with E-state index in [-0.39, 0.29) is 12.1 Å². The van der Waals surface area contributed by atoms with E-state index in [0.717, 1.165) is 12.0 Å². The van der Waals surface area contributed by atoms with Crippen LogP contribution in [0.15, 0.2) is 24.3 Å². The number of benzene rings is 1. The third-order valence-electron chi connectivity index (χ3n) is 2.47. The summed E-state index contributed by atoms with van der Waals surface area (Å²) in [4.78, 5) is 0. The van der Waals surface area contributed by atoms with Gasteiger partial charge in [0.1, 0.15) is 0 Å². The topological polar surface area (TPSA) is 52.0 Å². The molecule has 0 aliphatic rings. The van der Waals surface area contributed by atoms with Gasteiger partial charge in [-0.25, -0.2) is 0 Å². The van der Waals surface area contributed by atoms with Crippen LogP contribution < -0.4 is 11.5 Å². The van der Waals surface area contributed by atoms with Crippen molar-refractivity contribution in [2.45, 2.75) is 38.8 Å². The van der Waals surface area contributed by atoms with Crippen molar-refractivity contribution in [3.05, 3.63) is 35.4 Å². The molecular formula is C12H20N2. The summed E-state index contributed by atoms with van der Waals surface area (Å²) in [5.41, 5.74) is 14.2. The van der Waals surface area contributed by atoms with Crippen molar-refractivity contribution >= 4 is 0 Å². The van der Waals surface area contributed by atoms with Gasteiger partial charge < -0.3 is 11.5 Å². The van der Waals surface area contributed by atoms with Crippen LogP contribution in [-0.2, 0) is 6.42 Å². The van der Waals surface area contributed by atoms with Crippen LogP contribution in [0.3, 0.4) is 0 Å². The lowest BCUT2D eigenvalue weighted by Gasteiger charge is -2.16. The Balaban J connectivity index is 2.72. The van der Waals surface area contributed by atoms with Crippen molar-refractivity contribution < 1.29 is 0 Å². The summed E-state index contributed by atoms with van der Waals surface area (Å²) >= 11 is 0. The predicted octanol–water partition coefficient (Wildman–Crippen LogP) is 1.99. The van der Waals surface area contributed by atoms with Gasteiger partial charge in [0.05, 0.1) is 0 Å². The fourth-order valence-corrected chi connectivity index (χ4v) is 1.50. The highest BCUT2D eigenvalue weighted by atomic mass is 14.8. The molecule has 0 heterocycles. The lowest BCUT2D eigenvalue weighted by atomic mass is 10.00. The van der Waals surface area contributed by atoms with E-state index in [4.69, 9.17) is 11.5 Å². The lowest BCUT2D eigenvalue weighted by molar-refractivity contribution is 0.589. The zero-order valence-corrected chi connectivity index (χ0v) is 9.03. The Morgan fingerprint density at radius 3 is 2.14 bits per heavy atom. The van der Waals surface area contributed by atoms with Gasteiger partial charge in [-0.15, -0.1) is 0 Å². The highest BCUT2D eigenvalue weighted by Gasteiger charge is 2.09. The molecule has 0 radical (unpaired) electrons. The molecule has 0 amide bonds. The van der Waals surface area contributed by atoms with E-state index in [1.165, 1.54) is 12.0 Å². The van der Waals surface area contributed by atoms with Gasteiger partial charge in [-0.3, -0.25) is 0 Å². The zero-order chi connectivity index (χ0) is 10.6. The Kier molecular flexibility index (Phi) is 4.11. The van der Waals surface area contributed by atoms with Gasteiger partial charge in [-0.2, -0.15) is 0 Å². The largest absolute Gasteiger partial charge is 0.326 e. The molecule has 1 aromatic rings. The Morgan fingerprint density at radius 2 is 1.71 bits per heavy atom. The lowest BCUT2D eigenvalue weighted by Crippen LogP contribution is -2.30. The van der Waals surface area contributed by atoms with Crippen molar-refractivity contribution in [2.75, 3.05) is 0 Å². The number of nitrogens with two attached hydrogens (primary N) is 2. The van der Waals surface area contributed by atoms with E-state index >= 15 is 0 Å². The molecule has 0 aliphatic heterocycles. The smallest absolute Gasteiger partial charge is 0.0445 e. The van der Waals surface area contributed by atoms with E-state index in [1.807, 2.05) is 6.92 Å². The molecular weight excluding hydrogens is 172 g/mol. The number of hydrogen-bond donors (Lipinski definition) is 2. The van der Waals surface area contributed by atoms with Crippen LogP contribution in [0, 0.1) is 0 Å². The first-order valence-corrected chi connectivity index (χ1v) is 5.25. The Bertz CT molecular complexity index is 264. The minimum Gasteiger partial charge on any atom is -0.326 e. The Morgan fingerprint density at radius 1 is 1.14 bits per heavy atom. The zero-order valence-electron chi connectivity index (χ0n) is 9.03. The van der Waals surface area contributed by atoms with E-state index in [9.17, 15) is 0 Å². The van der Waals surface area contributed by atoms with Crippen molar-refractivity contribution in [3.63, 3.8) is 0 Å². The average Bonchev–Trinajstić information content (AvgIpc) is 2.18.